The molecule has 7 saturated carbocycles. The van der Waals surface area contributed by atoms with Crippen molar-refractivity contribution in [2.24, 2.45) is 68.3 Å². The molecule has 4 spiro atoms. The van der Waals surface area contributed by atoms with Gasteiger partial charge in [-0.1, -0.05) is 69.0 Å². The van der Waals surface area contributed by atoms with E-state index in [9.17, 15) is 45.0 Å². The molecule has 4 aliphatic heterocycles. The number of nitrogens with zero attached hydrogens (tertiary/aromatic N) is 1. The summed E-state index contributed by atoms with van der Waals surface area (Å²) in [5.74, 6) is -7.86. The third-order valence-corrected chi connectivity index (χ3v) is 19.3. The zero-order valence-electron chi connectivity index (χ0n) is 37.0. The minimum atomic E-state index is -2.21. The number of carbonyl (C=O) groups excluding carboxylic acids is 3. The molecule has 1 aromatic heterocycles. The minimum Gasteiger partial charge on any atom is -0.397 e. The maximum absolute atomic E-state index is 13.6. The van der Waals surface area contributed by atoms with Crippen molar-refractivity contribution < 1.29 is 59.6 Å². The highest BCUT2D eigenvalue weighted by Gasteiger charge is 2.89. The van der Waals surface area contributed by atoms with E-state index in [4.69, 9.17) is 25.3 Å². The molecule has 5 heterocycles. The number of thiazole rings is 1. The third-order valence-electron chi connectivity index (χ3n) is 17.6. The summed E-state index contributed by atoms with van der Waals surface area (Å²) in [7, 11) is 0. The Morgan fingerprint density at radius 3 is 1.70 bits per heavy atom. The molecule has 0 aromatic carbocycles. The molecule has 1 aromatic rings. The van der Waals surface area contributed by atoms with Crippen LogP contribution < -0.4 is 5.73 Å². The largest absolute Gasteiger partial charge is 0.397 e. The Hall–Kier alpha value is -1.87. The molecular formula is C46H63BrN2O12S2. The molecule has 4 saturated heterocycles. The smallest absolute Gasteiger partial charge is 0.208 e. The van der Waals surface area contributed by atoms with Gasteiger partial charge in [0.15, 0.2) is 17.3 Å². The summed E-state index contributed by atoms with van der Waals surface area (Å²) in [5.41, 5.74) is 0.472. The van der Waals surface area contributed by atoms with Gasteiger partial charge in [-0.2, -0.15) is 0 Å². The Balaban J connectivity index is 0.000000151. The lowest BCUT2D eigenvalue weighted by Gasteiger charge is -2.73. The predicted molar refractivity (Wildman–Crippen MR) is 238 cm³/mol. The number of halogens is 1. The van der Waals surface area contributed by atoms with Gasteiger partial charge in [0.25, 0.3) is 0 Å². The zero-order valence-corrected chi connectivity index (χ0v) is 40.2. The molecule has 12 aliphatic rings. The second-order valence-electron chi connectivity index (χ2n) is 21.3. The fourth-order valence-electron chi connectivity index (χ4n) is 15.9. The number of thiocarbonyl (C=S) groups is 1. The maximum atomic E-state index is 13.6. The molecule has 8 bridgehead atoms. The van der Waals surface area contributed by atoms with Crippen LogP contribution in [0.25, 0.3) is 0 Å². The fraction of sp³-hybridized carbons (Fsp3) is 0.761. The highest BCUT2D eigenvalue weighted by Crippen LogP contribution is 2.78. The standard InChI is InChI=1S/C22H27NO5S.C20H25BrO6.C2H5NS.C2H6O/c1-9-11-5-6-13-20-8-28-22(27,21(13,16(9)24)17(11)25)18(26)14(20)19(3,4)7-12-15(20)23-10(2)29-12;1-8-9-4-5-11-18-7-27-20(26,19(11,13(8)22)14(9)23)16(25)12(18)17(2,3)6-10(21)15(18)24;1-2(3)4;1-2-3/h11,13-14,17-18,25-27H,1,5-8H2,2-4H3;9-12,14,16,23,25-26H,1,4-7H2,2-3H3;1H3,(H2,3,4);3H,2H2,1H3/t11-,13-,14+,17+,18-,20-,21-,22+;9-,10?,11-,12+,14+,16-,18-,19-,20+;;/m00../s1. The van der Waals surface area contributed by atoms with Gasteiger partial charge in [0.2, 0.25) is 11.6 Å². The van der Waals surface area contributed by atoms with Crippen molar-refractivity contribution in [2.45, 2.75) is 133 Å². The van der Waals surface area contributed by atoms with Crippen LogP contribution in [-0.2, 0) is 35.7 Å². The molecule has 348 valence electrons. The summed E-state index contributed by atoms with van der Waals surface area (Å²) in [6.07, 6.45) is -1.37. The number of aliphatic hydroxyl groups excluding tert-OH is 5. The second kappa shape index (κ2) is 14.8. The number of carbonyl (C=O) groups is 3. The van der Waals surface area contributed by atoms with Crippen LogP contribution in [0.4, 0.5) is 0 Å². The zero-order chi connectivity index (χ0) is 46.7. The number of fused-ring (bicyclic) bond motifs is 5. The quantitative estimate of drug-likeness (QED) is 0.106. The number of ketones is 3. The maximum Gasteiger partial charge on any atom is 0.208 e. The van der Waals surface area contributed by atoms with Crippen molar-refractivity contribution in [3.8, 4) is 0 Å². The number of aryl methyl sites for hydroxylation is 1. The first kappa shape index (κ1) is 47.6. The van der Waals surface area contributed by atoms with Gasteiger partial charge in [0.1, 0.15) is 23.0 Å². The first-order valence-corrected chi connectivity index (χ1v) is 24.2. The van der Waals surface area contributed by atoms with Crippen molar-refractivity contribution in [1.82, 2.24) is 4.98 Å². The molecule has 63 heavy (non-hydrogen) atoms. The molecule has 9 N–H and O–H groups in total. The molecule has 0 radical (unpaired) electrons. The van der Waals surface area contributed by atoms with Gasteiger partial charge >= 0.3 is 0 Å². The van der Waals surface area contributed by atoms with Crippen molar-refractivity contribution in [2.75, 3.05) is 19.8 Å². The Morgan fingerprint density at radius 2 is 1.24 bits per heavy atom. The average Bonchev–Trinajstić information content (AvgIpc) is 3.63. The molecular weight excluding hydrogens is 917 g/mol. The lowest BCUT2D eigenvalue weighted by Crippen LogP contribution is -2.85. The summed E-state index contributed by atoms with van der Waals surface area (Å²) in [6, 6.07) is 0. The molecule has 11 fully saturated rings. The lowest BCUT2D eigenvalue weighted by molar-refractivity contribution is -0.437. The number of Topliss-reactive ketones (excluding diaryl/α,β-unsaturated/α-hetero) is 3. The monoisotopic (exact) mass is 978 g/mol. The van der Waals surface area contributed by atoms with Crippen LogP contribution in [0, 0.1) is 69.5 Å². The number of alkyl halides is 1. The van der Waals surface area contributed by atoms with Gasteiger partial charge in [-0.05, 0) is 93.1 Å². The van der Waals surface area contributed by atoms with Gasteiger partial charge in [-0.3, -0.25) is 14.4 Å². The lowest BCUT2D eigenvalue weighted by atomic mass is 9.36. The summed E-state index contributed by atoms with van der Waals surface area (Å²) in [5, 5.41) is 77.4. The topological polar surface area (TPSA) is 250 Å². The fourth-order valence-corrected chi connectivity index (χ4v) is 18.5. The third kappa shape index (κ3) is 5.39. The van der Waals surface area contributed by atoms with Crippen LogP contribution in [0.3, 0.4) is 0 Å². The average molecular weight is 980 g/mol. The highest BCUT2D eigenvalue weighted by molar-refractivity contribution is 9.10. The Labute approximate surface area is 385 Å². The van der Waals surface area contributed by atoms with E-state index < -0.39 is 91.4 Å². The number of aliphatic hydroxyl groups is 7. The second-order valence-corrected chi connectivity index (χ2v) is 24.4. The van der Waals surface area contributed by atoms with Crippen molar-refractivity contribution in [1.29, 1.82) is 0 Å². The number of rotatable bonds is 0. The number of aromatic nitrogens is 1. The first-order valence-electron chi connectivity index (χ1n) is 22.1. The number of nitrogens with two attached hydrogens (primary N) is 1. The van der Waals surface area contributed by atoms with Crippen LogP contribution in [-0.4, -0.2) is 124 Å². The van der Waals surface area contributed by atoms with E-state index >= 15 is 0 Å². The van der Waals surface area contributed by atoms with Crippen LogP contribution in [0.2, 0.25) is 0 Å². The SMILES string of the molecule is C=C1C(=O)[C@]23[C@H](O)[C@H]1CC[C@H]2[C@@]12CO[C@]3(O)[C@@H](O)[C@@H]1C(C)(C)CC(Br)C2=O.C=C1C(=O)[C@]23[C@H](O)[C@H]1CC[C@H]2[C@@]12CO[C@]3(O)[C@@H](O)[C@@H]1C(C)(C)Cc1sc(C)nc12.CC(N)=S.CCO. The number of hydrogen-bond acceptors (Lipinski definition) is 15. The Kier molecular flexibility index (Phi) is 11.2. The summed E-state index contributed by atoms with van der Waals surface area (Å²) < 4.78 is 11.8. The van der Waals surface area contributed by atoms with E-state index in [-0.39, 0.29) is 60.1 Å². The van der Waals surface area contributed by atoms with E-state index in [1.54, 1.807) is 25.2 Å². The number of hydrogen-bond donors (Lipinski definition) is 8. The number of ether oxygens (including phenoxy) is 2. The van der Waals surface area contributed by atoms with E-state index in [0.717, 1.165) is 17.1 Å². The van der Waals surface area contributed by atoms with E-state index in [0.29, 0.717) is 42.7 Å². The molecule has 8 aliphatic carbocycles. The van der Waals surface area contributed by atoms with Gasteiger partial charge < -0.3 is 51.0 Å². The highest BCUT2D eigenvalue weighted by atomic mass is 79.9. The van der Waals surface area contributed by atoms with Crippen LogP contribution in [0.15, 0.2) is 24.3 Å². The Bertz CT molecular complexity index is 2190. The van der Waals surface area contributed by atoms with Gasteiger partial charge in [0, 0.05) is 40.6 Å². The van der Waals surface area contributed by atoms with Crippen LogP contribution in [0.5, 0.6) is 0 Å². The molecule has 14 nitrogen and oxygen atoms in total. The van der Waals surface area contributed by atoms with Gasteiger partial charge in [-0.25, -0.2) is 4.98 Å². The molecule has 17 atom stereocenters. The van der Waals surface area contributed by atoms with Crippen LogP contribution in [0.1, 0.15) is 89.2 Å². The van der Waals surface area contributed by atoms with Crippen molar-refractivity contribution in [3.05, 3.63) is 39.9 Å². The molecule has 1 unspecified atom stereocenters. The minimum absolute atomic E-state index is 0.0425. The molecule has 13 rings (SSSR count). The van der Waals surface area contributed by atoms with E-state index in [1.807, 2.05) is 20.8 Å². The molecule has 17 heteroatoms. The van der Waals surface area contributed by atoms with E-state index in [1.165, 1.54) is 4.88 Å². The normalized spacial score (nSPS) is 49.4. The first-order chi connectivity index (χ1) is 29.2. The van der Waals surface area contributed by atoms with Crippen molar-refractivity contribution in [3.63, 3.8) is 0 Å². The summed E-state index contributed by atoms with van der Waals surface area (Å²) in [6.45, 7) is 21.8. The summed E-state index contributed by atoms with van der Waals surface area (Å²) in [4.78, 5) is 46.7. The van der Waals surface area contributed by atoms with Gasteiger partial charge in [0.05, 0.1) is 51.4 Å². The Morgan fingerprint density at radius 1 is 0.825 bits per heavy atom. The summed E-state index contributed by atoms with van der Waals surface area (Å²) >= 11 is 9.49. The van der Waals surface area contributed by atoms with Crippen LogP contribution >= 0.6 is 39.5 Å². The predicted octanol–water partition coefficient (Wildman–Crippen LogP) is 2.74. The van der Waals surface area contributed by atoms with E-state index in [2.05, 4.69) is 55.2 Å². The van der Waals surface area contributed by atoms with Gasteiger partial charge in [-0.15, -0.1) is 11.3 Å². The molecule has 0 amide bonds. The van der Waals surface area contributed by atoms with Crippen molar-refractivity contribution >= 4 is 61.8 Å².